The molecule has 0 aliphatic carbocycles. The summed E-state index contributed by atoms with van der Waals surface area (Å²) in [7, 11) is 1.62. The minimum absolute atomic E-state index is 0.711. The molecule has 0 fully saturated rings. The second kappa shape index (κ2) is 4.39. The Balaban J connectivity index is 2.56. The average Bonchev–Trinajstić information content (AvgIpc) is 2.81. The highest BCUT2D eigenvalue weighted by Gasteiger charge is 2.10. The summed E-state index contributed by atoms with van der Waals surface area (Å²) in [6, 6.07) is 5.75. The summed E-state index contributed by atoms with van der Waals surface area (Å²) in [6.45, 7) is 0. The summed E-state index contributed by atoms with van der Waals surface area (Å²) in [5.41, 5.74) is 1.79. The molecule has 77 valence electrons. The van der Waals surface area contributed by atoms with Crippen molar-refractivity contribution in [2.45, 2.75) is 5.33 Å². The number of ether oxygens (including phenoxy) is 1. The monoisotopic (exact) mass is 267 g/mol. The highest BCUT2D eigenvalue weighted by molar-refractivity contribution is 9.08. The molecule has 0 atom stereocenters. The van der Waals surface area contributed by atoms with Gasteiger partial charge in [0, 0.05) is 10.9 Å². The maximum Gasteiger partial charge on any atom is 0.246 e. The van der Waals surface area contributed by atoms with Crippen LogP contribution in [0.3, 0.4) is 0 Å². The van der Waals surface area contributed by atoms with Crippen LogP contribution in [-0.2, 0) is 5.33 Å². The van der Waals surface area contributed by atoms with Gasteiger partial charge in [0.25, 0.3) is 0 Å². The Morgan fingerprint density at radius 1 is 1.53 bits per heavy atom. The fourth-order valence-electron chi connectivity index (χ4n) is 1.32. The van der Waals surface area contributed by atoms with Gasteiger partial charge in [0.05, 0.1) is 7.11 Å². The van der Waals surface area contributed by atoms with E-state index in [1.165, 1.54) is 4.80 Å². The van der Waals surface area contributed by atoms with E-state index in [9.17, 15) is 0 Å². The molecule has 1 aromatic carbocycles. The van der Waals surface area contributed by atoms with Gasteiger partial charge in [0.2, 0.25) is 6.33 Å². The first kappa shape index (κ1) is 10.1. The van der Waals surface area contributed by atoms with Crippen molar-refractivity contribution in [2.24, 2.45) is 0 Å². The molecule has 0 N–H and O–H groups in total. The lowest BCUT2D eigenvalue weighted by Crippen LogP contribution is -2.03. The SMILES string of the molecule is COc1c(CBr)cccc1-n1n[c]nn1. The Morgan fingerprint density at radius 2 is 2.40 bits per heavy atom. The predicted molar refractivity (Wildman–Crippen MR) is 57.2 cm³/mol. The number of hydrogen-bond donors (Lipinski definition) is 0. The molecule has 0 amide bonds. The number of tetrazole rings is 1. The second-order valence-corrected chi connectivity index (χ2v) is 3.34. The van der Waals surface area contributed by atoms with Gasteiger partial charge in [-0.3, -0.25) is 0 Å². The third-order valence-electron chi connectivity index (χ3n) is 1.95. The van der Waals surface area contributed by atoms with Crippen molar-refractivity contribution in [3.63, 3.8) is 0 Å². The van der Waals surface area contributed by atoms with Crippen LogP contribution in [0.15, 0.2) is 18.2 Å². The molecule has 0 unspecified atom stereocenters. The zero-order valence-electron chi connectivity index (χ0n) is 8.01. The number of para-hydroxylation sites is 1. The molecule has 0 saturated heterocycles. The number of methoxy groups -OCH3 is 1. The summed E-state index contributed by atoms with van der Waals surface area (Å²) in [4.78, 5) is 1.38. The van der Waals surface area contributed by atoms with Gasteiger partial charge in [-0.15, -0.1) is 15.0 Å². The smallest absolute Gasteiger partial charge is 0.246 e. The van der Waals surface area contributed by atoms with Gasteiger partial charge >= 0.3 is 0 Å². The van der Waals surface area contributed by atoms with E-state index in [-0.39, 0.29) is 0 Å². The van der Waals surface area contributed by atoms with Gasteiger partial charge in [0.1, 0.15) is 11.4 Å². The van der Waals surface area contributed by atoms with Crippen molar-refractivity contribution in [1.82, 2.24) is 20.2 Å². The zero-order valence-corrected chi connectivity index (χ0v) is 9.60. The highest BCUT2D eigenvalue weighted by Crippen LogP contribution is 2.27. The molecule has 0 saturated carbocycles. The molecule has 15 heavy (non-hydrogen) atoms. The fraction of sp³-hybridized carbons (Fsp3) is 0.222. The van der Waals surface area contributed by atoms with E-state index in [2.05, 4.69) is 37.7 Å². The van der Waals surface area contributed by atoms with Crippen LogP contribution in [0.4, 0.5) is 0 Å². The molecule has 0 aliphatic rings. The molecule has 2 aromatic rings. The molecule has 1 aromatic heterocycles. The van der Waals surface area contributed by atoms with Crippen molar-refractivity contribution < 1.29 is 4.74 Å². The van der Waals surface area contributed by atoms with E-state index in [1.807, 2.05) is 18.2 Å². The lowest BCUT2D eigenvalue weighted by molar-refractivity contribution is 0.406. The minimum Gasteiger partial charge on any atom is -0.494 e. The Kier molecular flexibility index (Phi) is 2.96. The largest absolute Gasteiger partial charge is 0.494 e. The molecule has 1 radical (unpaired) electrons. The quantitative estimate of drug-likeness (QED) is 0.789. The van der Waals surface area contributed by atoms with E-state index in [4.69, 9.17) is 4.74 Å². The number of aromatic nitrogens is 4. The van der Waals surface area contributed by atoms with Gasteiger partial charge in [0.15, 0.2) is 0 Å². The maximum absolute atomic E-state index is 5.32. The Hall–Kier alpha value is -1.43. The molecule has 5 nitrogen and oxygen atoms in total. The second-order valence-electron chi connectivity index (χ2n) is 2.78. The summed E-state index contributed by atoms with van der Waals surface area (Å²) in [5, 5.41) is 11.9. The third kappa shape index (κ3) is 1.85. The van der Waals surface area contributed by atoms with Crippen molar-refractivity contribution >= 4 is 15.9 Å². The number of alkyl halides is 1. The topological polar surface area (TPSA) is 52.8 Å². The van der Waals surface area contributed by atoms with Crippen LogP contribution in [0.5, 0.6) is 5.75 Å². The van der Waals surface area contributed by atoms with Crippen LogP contribution in [0, 0.1) is 6.33 Å². The lowest BCUT2D eigenvalue weighted by atomic mass is 10.2. The molecule has 6 heteroatoms. The Bertz CT molecular complexity index is 443. The minimum atomic E-state index is 0.711. The molecular formula is C9H8BrN4O. The number of hydrogen-bond acceptors (Lipinski definition) is 4. The summed E-state index contributed by atoms with van der Waals surface area (Å²) >= 11 is 3.39. The normalized spacial score (nSPS) is 10.3. The number of rotatable bonds is 3. The molecular weight excluding hydrogens is 260 g/mol. The van der Waals surface area contributed by atoms with Gasteiger partial charge in [-0.1, -0.05) is 28.1 Å². The molecule has 1 heterocycles. The van der Waals surface area contributed by atoms with Crippen LogP contribution in [-0.4, -0.2) is 27.3 Å². The van der Waals surface area contributed by atoms with Gasteiger partial charge in [-0.25, -0.2) is 0 Å². The lowest BCUT2D eigenvalue weighted by Gasteiger charge is -2.10. The predicted octanol–water partition coefficient (Wildman–Crippen LogP) is 1.37. The molecule has 0 spiro atoms. The molecule has 0 bridgehead atoms. The van der Waals surface area contributed by atoms with Crippen molar-refractivity contribution in [3.05, 3.63) is 30.1 Å². The number of nitrogens with zero attached hydrogens (tertiary/aromatic N) is 4. The number of benzene rings is 1. The first-order valence-corrected chi connectivity index (χ1v) is 5.37. The van der Waals surface area contributed by atoms with Crippen LogP contribution < -0.4 is 4.74 Å². The number of halogens is 1. The van der Waals surface area contributed by atoms with Crippen LogP contribution in [0.1, 0.15) is 5.56 Å². The molecule has 0 aliphatic heterocycles. The Morgan fingerprint density at radius 3 is 3.00 bits per heavy atom. The molecule has 2 rings (SSSR count). The summed E-state index contributed by atoms with van der Waals surface area (Å²) in [5.74, 6) is 0.737. The first-order chi connectivity index (χ1) is 7.36. The average molecular weight is 268 g/mol. The van der Waals surface area contributed by atoms with Gasteiger partial charge in [-0.2, -0.15) is 0 Å². The van der Waals surface area contributed by atoms with Crippen LogP contribution >= 0.6 is 15.9 Å². The highest BCUT2D eigenvalue weighted by atomic mass is 79.9. The Labute approximate surface area is 95.2 Å². The zero-order chi connectivity index (χ0) is 10.7. The third-order valence-corrected chi connectivity index (χ3v) is 2.56. The van der Waals surface area contributed by atoms with Gasteiger partial charge < -0.3 is 4.74 Å². The van der Waals surface area contributed by atoms with Crippen molar-refractivity contribution in [2.75, 3.05) is 7.11 Å². The van der Waals surface area contributed by atoms with E-state index in [0.29, 0.717) is 5.33 Å². The van der Waals surface area contributed by atoms with E-state index < -0.39 is 0 Å². The standard InChI is InChI=1S/C9H8BrN4O/c1-15-9-7(5-10)3-2-4-8(9)14-12-6-11-13-14/h2-4H,5H2,1H3. The van der Waals surface area contributed by atoms with Gasteiger partial charge in [-0.05, 0) is 11.3 Å². The van der Waals surface area contributed by atoms with E-state index in [0.717, 1.165) is 17.0 Å². The summed E-state index contributed by atoms with van der Waals surface area (Å²) < 4.78 is 5.32. The van der Waals surface area contributed by atoms with Crippen molar-refractivity contribution in [1.29, 1.82) is 0 Å². The fourth-order valence-corrected chi connectivity index (χ4v) is 1.76. The van der Waals surface area contributed by atoms with Crippen molar-refractivity contribution in [3.8, 4) is 11.4 Å². The first-order valence-electron chi connectivity index (χ1n) is 4.25. The van der Waals surface area contributed by atoms with Crippen LogP contribution in [0.2, 0.25) is 0 Å². The summed E-state index contributed by atoms with van der Waals surface area (Å²) in [6.07, 6.45) is 2.40. The van der Waals surface area contributed by atoms with E-state index in [1.54, 1.807) is 7.11 Å². The van der Waals surface area contributed by atoms with Crippen LogP contribution in [0.25, 0.3) is 5.69 Å². The van der Waals surface area contributed by atoms with E-state index >= 15 is 0 Å². The maximum atomic E-state index is 5.32.